The summed E-state index contributed by atoms with van der Waals surface area (Å²) < 4.78 is 2.81. The van der Waals surface area contributed by atoms with Gasteiger partial charge in [-0.2, -0.15) is 5.10 Å². The number of anilines is 1. The van der Waals surface area contributed by atoms with Gasteiger partial charge in [-0.05, 0) is 18.2 Å². The van der Waals surface area contributed by atoms with Crippen LogP contribution < -0.4 is 5.73 Å². The number of rotatable bonds is 2. The molecule has 3 aromatic rings. The van der Waals surface area contributed by atoms with Gasteiger partial charge in [-0.25, -0.2) is 0 Å². The molecule has 0 aliphatic rings. The van der Waals surface area contributed by atoms with Gasteiger partial charge < -0.3 is 5.73 Å². The van der Waals surface area contributed by atoms with Gasteiger partial charge in [0.1, 0.15) is 15.8 Å². The molecule has 2 N–H and O–H groups in total. The maximum absolute atomic E-state index is 6.22. The predicted molar refractivity (Wildman–Crippen MR) is 84.2 cm³/mol. The third kappa shape index (κ3) is 2.18. The Morgan fingerprint density at radius 2 is 2.10 bits per heavy atom. The summed E-state index contributed by atoms with van der Waals surface area (Å²) in [6, 6.07) is 7.44. The van der Waals surface area contributed by atoms with Crippen LogP contribution in [0.15, 0.2) is 30.5 Å². The summed E-state index contributed by atoms with van der Waals surface area (Å²) in [7, 11) is 1.78. The monoisotopic (exact) mass is 324 g/mol. The van der Waals surface area contributed by atoms with Gasteiger partial charge in [0.25, 0.3) is 0 Å². The van der Waals surface area contributed by atoms with E-state index in [4.69, 9.17) is 28.9 Å². The van der Waals surface area contributed by atoms with Crippen LogP contribution in [0.4, 0.5) is 5.82 Å². The van der Waals surface area contributed by atoms with Crippen molar-refractivity contribution in [2.45, 2.75) is 0 Å². The number of nitrogens with two attached hydrogens (primary N) is 1. The summed E-state index contributed by atoms with van der Waals surface area (Å²) in [6.07, 6.45) is 1.72. The van der Waals surface area contributed by atoms with Crippen molar-refractivity contribution in [1.82, 2.24) is 14.8 Å². The number of halogens is 2. The van der Waals surface area contributed by atoms with Crippen LogP contribution in [0.3, 0.4) is 0 Å². The van der Waals surface area contributed by atoms with Gasteiger partial charge >= 0.3 is 0 Å². The van der Waals surface area contributed by atoms with Crippen molar-refractivity contribution >= 4 is 40.4 Å². The highest BCUT2D eigenvalue weighted by Gasteiger charge is 2.21. The van der Waals surface area contributed by atoms with Crippen LogP contribution in [0.1, 0.15) is 0 Å². The van der Waals surface area contributed by atoms with Gasteiger partial charge in [-0.15, -0.1) is 11.3 Å². The molecule has 0 atom stereocenters. The first-order valence-corrected chi connectivity index (χ1v) is 7.34. The molecule has 0 amide bonds. The Bertz CT molecular complexity index is 764. The average molecular weight is 325 g/mol. The van der Waals surface area contributed by atoms with Gasteiger partial charge in [0, 0.05) is 18.8 Å². The van der Waals surface area contributed by atoms with Crippen molar-refractivity contribution < 1.29 is 0 Å². The lowest BCUT2D eigenvalue weighted by Crippen LogP contribution is -1.98. The van der Waals surface area contributed by atoms with Crippen molar-refractivity contribution in [3.8, 4) is 22.5 Å². The molecule has 3 heterocycles. The second-order valence-corrected chi connectivity index (χ2v) is 6.47. The molecule has 0 radical (unpaired) electrons. The van der Waals surface area contributed by atoms with Crippen molar-refractivity contribution in [3.63, 3.8) is 0 Å². The topological polar surface area (TPSA) is 56.7 Å². The minimum atomic E-state index is 0.539. The summed E-state index contributed by atoms with van der Waals surface area (Å²) in [5, 5.41) is 4.45. The Kier molecular flexibility index (Phi) is 3.41. The minimum Gasteiger partial charge on any atom is -0.383 e. The van der Waals surface area contributed by atoms with Crippen molar-refractivity contribution in [1.29, 1.82) is 0 Å². The maximum atomic E-state index is 6.22. The van der Waals surface area contributed by atoms with Crippen molar-refractivity contribution in [2.24, 2.45) is 7.05 Å². The van der Waals surface area contributed by atoms with Crippen molar-refractivity contribution in [2.75, 3.05) is 5.73 Å². The number of thiophene rings is 1. The van der Waals surface area contributed by atoms with E-state index < -0.39 is 0 Å². The number of aryl methyl sites for hydroxylation is 1. The molecule has 0 spiro atoms. The van der Waals surface area contributed by atoms with Crippen LogP contribution in [-0.4, -0.2) is 14.8 Å². The number of nitrogens with zero attached hydrogens (tertiary/aromatic N) is 3. The summed E-state index contributed by atoms with van der Waals surface area (Å²) >= 11 is 13.5. The van der Waals surface area contributed by atoms with Gasteiger partial charge in [-0.1, -0.05) is 29.3 Å². The van der Waals surface area contributed by atoms with E-state index in [0.717, 1.165) is 16.8 Å². The fourth-order valence-electron chi connectivity index (χ4n) is 1.99. The van der Waals surface area contributed by atoms with E-state index in [1.54, 1.807) is 24.0 Å². The predicted octanol–water partition coefficient (Wildman–Crippen LogP) is 4.10. The summed E-state index contributed by atoms with van der Waals surface area (Å²) in [4.78, 5) is 4.34. The molecule has 0 aromatic carbocycles. The molecule has 102 valence electrons. The Balaban J connectivity index is 2.28. The van der Waals surface area contributed by atoms with Crippen LogP contribution in [-0.2, 0) is 7.05 Å². The molecule has 20 heavy (non-hydrogen) atoms. The van der Waals surface area contributed by atoms with E-state index in [1.165, 1.54) is 11.3 Å². The van der Waals surface area contributed by atoms with E-state index in [0.29, 0.717) is 20.2 Å². The van der Waals surface area contributed by atoms with Gasteiger partial charge in [-0.3, -0.25) is 9.67 Å². The maximum Gasteiger partial charge on any atom is 0.131 e. The second kappa shape index (κ2) is 5.09. The molecule has 3 rings (SSSR count). The van der Waals surface area contributed by atoms with Crippen LogP contribution in [0.2, 0.25) is 8.67 Å². The van der Waals surface area contributed by atoms with Crippen LogP contribution >= 0.6 is 34.5 Å². The largest absolute Gasteiger partial charge is 0.383 e. The lowest BCUT2D eigenvalue weighted by molar-refractivity contribution is 0.782. The number of aromatic nitrogens is 3. The highest BCUT2D eigenvalue weighted by atomic mass is 35.5. The lowest BCUT2D eigenvalue weighted by Gasteiger charge is -2.02. The van der Waals surface area contributed by atoms with E-state index in [2.05, 4.69) is 10.1 Å². The molecule has 7 heteroatoms. The number of nitrogen functional groups attached to an aromatic ring is 1. The number of hydrogen-bond donors (Lipinski definition) is 1. The fraction of sp³-hybridized carbons (Fsp3) is 0.0769. The van der Waals surface area contributed by atoms with Gasteiger partial charge in [0.15, 0.2) is 0 Å². The molecule has 0 saturated heterocycles. The smallest absolute Gasteiger partial charge is 0.131 e. The van der Waals surface area contributed by atoms with Crippen LogP contribution in [0.25, 0.3) is 22.5 Å². The molecule has 4 nitrogen and oxygen atoms in total. The van der Waals surface area contributed by atoms with E-state index in [9.17, 15) is 0 Å². The first kappa shape index (κ1) is 13.4. The SMILES string of the molecule is Cn1nc(-c2cc(Cl)sc2Cl)c(-c2ccccn2)c1N. The summed E-state index contributed by atoms with van der Waals surface area (Å²) in [5.74, 6) is 0.539. The number of hydrogen-bond acceptors (Lipinski definition) is 4. The zero-order valence-electron chi connectivity index (χ0n) is 10.5. The minimum absolute atomic E-state index is 0.539. The molecule has 3 aromatic heterocycles. The van der Waals surface area contributed by atoms with Gasteiger partial charge in [0.05, 0.1) is 15.6 Å². The first-order chi connectivity index (χ1) is 9.58. The Morgan fingerprint density at radius 3 is 2.70 bits per heavy atom. The summed E-state index contributed by atoms with van der Waals surface area (Å²) in [5.41, 5.74) is 9.11. The van der Waals surface area contributed by atoms with Gasteiger partial charge in [0.2, 0.25) is 0 Å². The quantitative estimate of drug-likeness (QED) is 0.772. The summed E-state index contributed by atoms with van der Waals surface area (Å²) in [6.45, 7) is 0. The molecule has 0 saturated carbocycles. The molecule has 0 unspecified atom stereocenters. The fourth-order valence-corrected chi connectivity index (χ4v) is 3.46. The normalized spacial score (nSPS) is 10.9. The van der Waals surface area contributed by atoms with E-state index in [-0.39, 0.29) is 0 Å². The molecular formula is C13H10Cl2N4S. The average Bonchev–Trinajstić information content (AvgIpc) is 2.91. The van der Waals surface area contributed by atoms with Crippen LogP contribution in [0, 0.1) is 0 Å². The Morgan fingerprint density at radius 1 is 1.30 bits per heavy atom. The molecule has 0 bridgehead atoms. The van der Waals surface area contributed by atoms with E-state index >= 15 is 0 Å². The Labute approximate surface area is 129 Å². The lowest BCUT2D eigenvalue weighted by atomic mass is 10.1. The van der Waals surface area contributed by atoms with E-state index in [1.807, 2.05) is 18.2 Å². The zero-order chi connectivity index (χ0) is 14.3. The molecule has 0 aliphatic heterocycles. The standard InChI is InChI=1S/C13H10Cl2N4S/c1-19-13(16)10(8-4-2-3-5-17-8)11(18-19)7-6-9(14)20-12(7)15/h2-6H,16H2,1H3. The van der Waals surface area contributed by atoms with Crippen molar-refractivity contribution in [3.05, 3.63) is 39.1 Å². The molecule has 0 aliphatic carbocycles. The molecular weight excluding hydrogens is 315 g/mol. The zero-order valence-corrected chi connectivity index (χ0v) is 12.8. The third-order valence-electron chi connectivity index (χ3n) is 2.92. The highest BCUT2D eigenvalue weighted by molar-refractivity contribution is 7.20. The highest BCUT2D eigenvalue weighted by Crippen LogP contribution is 2.42. The molecule has 0 fully saturated rings. The van der Waals surface area contributed by atoms with Crippen LogP contribution in [0.5, 0.6) is 0 Å². The Hall–Kier alpha value is -1.56. The first-order valence-electron chi connectivity index (χ1n) is 5.77. The third-order valence-corrected chi connectivity index (χ3v) is 4.41. The second-order valence-electron chi connectivity index (χ2n) is 4.19. The number of pyridine rings is 1.